The number of carbonyl (C=O) groups excluding carboxylic acids is 2. The van der Waals surface area contributed by atoms with Gasteiger partial charge >= 0.3 is 0 Å². The normalized spacial score (nSPS) is 13.5. The number of hydrogen-bond donors (Lipinski definition) is 4. The number of nitrogens with zero attached hydrogens (tertiary/aromatic N) is 2. The summed E-state index contributed by atoms with van der Waals surface area (Å²) in [5.41, 5.74) is 4.46. The highest BCUT2D eigenvalue weighted by atomic mass is 16.3. The largest absolute Gasteiger partial charge is 0.390 e. The minimum atomic E-state index is -0.862. The Balaban J connectivity index is 3.98. The van der Waals surface area contributed by atoms with Gasteiger partial charge in [-0.05, 0) is 54.4 Å². The number of carbonyl (C=O) groups is 2. The van der Waals surface area contributed by atoms with Crippen molar-refractivity contribution in [1.82, 2.24) is 10.9 Å². The lowest BCUT2D eigenvalue weighted by molar-refractivity contribution is -0.123. The highest BCUT2D eigenvalue weighted by Crippen LogP contribution is 2.09. The number of hydrazone groups is 2. The van der Waals surface area contributed by atoms with Gasteiger partial charge in [0.25, 0.3) is 0 Å². The van der Waals surface area contributed by atoms with Crippen molar-refractivity contribution < 1.29 is 19.8 Å². The standard InChI is InChI=1S/C18H34N4O4/c1-13(11-17(3,4)25)19-21-15(23)9-7-8-10-16(24)22-20-14(2)12-18(5,6)26/h25-26H,7-12H2,1-6H3,(H,21,23)(H,22,24). The van der Waals surface area contributed by atoms with Crippen molar-refractivity contribution in [2.75, 3.05) is 0 Å². The number of rotatable bonds is 11. The lowest BCUT2D eigenvalue weighted by Crippen LogP contribution is -2.25. The van der Waals surface area contributed by atoms with Gasteiger partial charge in [0, 0.05) is 37.1 Å². The smallest absolute Gasteiger partial charge is 0.240 e. The molecule has 0 saturated carbocycles. The molecule has 0 aromatic carbocycles. The Morgan fingerprint density at radius 3 is 1.35 bits per heavy atom. The van der Waals surface area contributed by atoms with Crippen LogP contribution in [-0.4, -0.2) is 44.7 Å². The first kappa shape index (κ1) is 24.2. The van der Waals surface area contributed by atoms with Gasteiger partial charge in [0.1, 0.15) is 0 Å². The van der Waals surface area contributed by atoms with Gasteiger partial charge in [0.05, 0.1) is 11.2 Å². The van der Waals surface area contributed by atoms with Crippen molar-refractivity contribution in [2.24, 2.45) is 10.2 Å². The van der Waals surface area contributed by atoms with Crippen LogP contribution in [0.2, 0.25) is 0 Å². The Hall–Kier alpha value is -1.80. The summed E-state index contributed by atoms with van der Waals surface area (Å²) in [6, 6.07) is 0. The van der Waals surface area contributed by atoms with Crippen molar-refractivity contribution in [3.05, 3.63) is 0 Å². The quantitative estimate of drug-likeness (QED) is 0.252. The van der Waals surface area contributed by atoms with Crippen LogP contribution >= 0.6 is 0 Å². The number of unbranched alkanes of at least 4 members (excludes halogenated alkanes) is 1. The zero-order chi connectivity index (χ0) is 20.4. The maximum Gasteiger partial charge on any atom is 0.240 e. The first-order valence-corrected chi connectivity index (χ1v) is 8.87. The van der Waals surface area contributed by atoms with Gasteiger partial charge in [0.15, 0.2) is 0 Å². The molecule has 0 rings (SSSR count). The second-order valence-electron chi connectivity index (χ2n) is 7.95. The summed E-state index contributed by atoms with van der Waals surface area (Å²) >= 11 is 0. The fraction of sp³-hybridized carbons (Fsp3) is 0.778. The van der Waals surface area contributed by atoms with Crippen molar-refractivity contribution >= 4 is 23.2 Å². The van der Waals surface area contributed by atoms with Gasteiger partial charge in [-0.1, -0.05) is 0 Å². The SMILES string of the molecule is CC(CC(C)(C)O)=NNC(=O)CCCCC(=O)NN=C(C)CC(C)(C)O. The summed E-state index contributed by atoms with van der Waals surface area (Å²) in [7, 11) is 0. The van der Waals surface area contributed by atoms with E-state index in [2.05, 4.69) is 21.1 Å². The predicted octanol–water partition coefficient (Wildman–Crippen LogP) is 1.85. The second kappa shape index (κ2) is 11.0. The van der Waals surface area contributed by atoms with E-state index in [-0.39, 0.29) is 24.7 Å². The summed E-state index contributed by atoms with van der Waals surface area (Å²) in [5, 5.41) is 27.2. The van der Waals surface area contributed by atoms with Crippen molar-refractivity contribution in [2.45, 2.75) is 91.3 Å². The van der Waals surface area contributed by atoms with E-state index in [4.69, 9.17) is 0 Å². The Morgan fingerprint density at radius 2 is 1.08 bits per heavy atom. The molecule has 8 nitrogen and oxygen atoms in total. The number of nitrogens with one attached hydrogen (secondary N) is 2. The maximum absolute atomic E-state index is 11.7. The molecule has 2 amide bonds. The van der Waals surface area contributed by atoms with Crippen molar-refractivity contribution in [1.29, 1.82) is 0 Å². The van der Waals surface area contributed by atoms with Crippen molar-refractivity contribution in [3.8, 4) is 0 Å². The fourth-order valence-electron chi connectivity index (χ4n) is 2.33. The maximum atomic E-state index is 11.7. The van der Waals surface area contributed by atoms with Crippen LogP contribution in [0.15, 0.2) is 10.2 Å². The molecule has 0 spiro atoms. The minimum Gasteiger partial charge on any atom is -0.390 e. The van der Waals surface area contributed by atoms with E-state index in [1.807, 2.05) is 0 Å². The number of hydrogen-bond acceptors (Lipinski definition) is 6. The third-order valence-electron chi connectivity index (χ3n) is 3.18. The number of aliphatic hydroxyl groups is 2. The average Bonchev–Trinajstić information content (AvgIpc) is 2.44. The zero-order valence-electron chi connectivity index (χ0n) is 16.8. The van der Waals surface area contributed by atoms with Gasteiger partial charge in [-0.2, -0.15) is 10.2 Å². The molecular weight excluding hydrogens is 336 g/mol. The van der Waals surface area contributed by atoms with Gasteiger partial charge in [0.2, 0.25) is 11.8 Å². The Kier molecular flexibility index (Phi) is 10.3. The van der Waals surface area contributed by atoms with E-state index in [1.165, 1.54) is 0 Å². The van der Waals surface area contributed by atoms with Crippen LogP contribution in [0, 0.1) is 0 Å². The zero-order valence-corrected chi connectivity index (χ0v) is 16.8. The Labute approximate surface area is 156 Å². The summed E-state index contributed by atoms with van der Waals surface area (Å²) in [6.07, 6.45) is 2.42. The van der Waals surface area contributed by atoms with Gasteiger partial charge in [-0.3, -0.25) is 9.59 Å². The van der Waals surface area contributed by atoms with Crippen LogP contribution in [0.4, 0.5) is 0 Å². The molecule has 0 atom stereocenters. The Morgan fingerprint density at radius 1 is 0.769 bits per heavy atom. The molecule has 0 aliphatic heterocycles. The second-order valence-corrected chi connectivity index (χ2v) is 7.95. The van der Waals surface area contributed by atoms with Crippen LogP contribution < -0.4 is 10.9 Å². The van der Waals surface area contributed by atoms with Crippen LogP contribution in [0.3, 0.4) is 0 Å². The Bertz CT molecular complexity index is 480. The molecule has 26 heavy (non-hydrogen) atoms. The van der Waals surface area contributed by atoms with E-state index in [0.29, 0.717) is 37.1 Å². The predicted molar refractivity (Wildman–Crippen MR) is 103 cm³/mol. The number of amides is 2. The minimum absolute atomic E-state index is 0.223. The monoisotopic (exact) mass is 370 g/mol. The van der Waals surface area contributed by atoms with E-state index < -0.39 is 11.2 Å². The molecule has 0 aliphatic carbocycles. The molecule has 0 heterocycles. The third kappa shape index (κ3) is 15.7. The lowest BCUT2D eigenvalue weighted by Gasteiger charge is -2.16. The van der Waals surface area contributed by atoms with Crippen LogP contribution in [-0.2, 0) is 9.59 Å². The van der Waals surface area contributed by atoms with Crippen LogP contribution in [0.25, 0.3) is 0 Å². The first-order valence-electron chi connectivity index (χ1n) is 8.87. The van der Waals surface area contributed by atoms with Crippen LogP contribution in [0.5, 0.6) is 0 Å². The lowest BCUT2D eigenvalue weighted by atomic mass is 10.0. The van der Waals surface area contributed by atoms with Crippen LogP contribution in [0.1, 0.15) is 80.1 Å². The summed E-state index contributed by atoms with van der Waals surface area (Å²) in [4.78, 5) is 23.4. The first-order chi connectivity index (χ1) is 11.8. The molecule has 0 bridgehead atoms. The van der Waals surface area contributed by atoms with Gasteiger partial charge < -0.3 is 10.2 Å². The summed E-state index contributed by atoms with van der Waals surface area (Å²) in [5.74, 6) is -0.445. The third-order valence-corrected chi connectivity index (χ3v) is 3.18. The highest BCUT2D eigenvalue weighted by molar-refractivity contribution is 5.85. The van der Waals surface area contributed by atoms with E-state index >= 15 is 0 Å². The summed E-state index contributed by atoms with van der Waals surface area (Å²) in [6.45, 7) is 10.2. The van der Waals surface area contributed by atoms with Gasteiger partial charge in [-0.25, -0.2) is 10.9 Å². The fourth-order valence-corrected chi connectivity index (χ4v) is 2.33. The van der Waals surface area contributed by atoms with Gasteiger partial charge in [-0.15, -0.1) is 0 Å². The van der Waals surface area contributed by atoms with E-state index in [1.54, 1.807) is 41.5 Å². The topological polar surface area (TPSA) is 123 Å². The average molecular weight is 370 g/mol. The van der Waals surface area contributed by atoms with E-state index in [9.17, 15) is 19.8 Å². The molecule has 150 valence electrons. The molecular formula is C18H34N4O4. The summed E-state index contributed by atoms with van der Waals surface area (Å²) < 4.78 is 0. The van der Waals surface area contributed by atoms with E-state index in [0.717, 1.165) is 0 Å². The molecule has 0 saturated heterocycles. The molecule has 8 heteroatoms. The molecule has 4 N–H and O–H groups in total. The molecule has 0 unspecified atom stereocenters. The highest BCUT2D eigenvalue weighted by Gasteiger charge is 2.15. The molecule has 0 aliphatic rings. The molecule has 0 aromatic heterocycles. The molecule has 0 aromatic rings. The van der Waals surface area contributed by atoms with Crippen molar-refractivity contribution in [3.63, 3.8) is 0 Å². The molecule has 0 radical (unpaired) electrons. The molecule has 0 fully saturated rings.